The molecule has 0 spiro atoms. The molecule has 1 aromatic carbocycles. The third-order valence-electron chi connectivity index (χ3n) is 6.69. The van der Waals surface area contributed by atoms with Crippen LogP contribution in [0.25, 0.3) is 11.4 Å². The van der Waals surface area contributed by atoms with E-state index in [1.165, 1.54) is 38.5 Å². The topological polar surface area (TPSA) is 72.7 Å². The third-order valence-corrected chi connectivity index (χ3v) is 6.69. The molecule has 0 saturated heterocycles. The molecule has 4 saturated carbocycles. The van der Waals surface area contributed by atoms with E-state index < -0.39 is 0 Å². The molecular weight excluding hydrogens is 338 g/mol. The van der Waals surface area contributed by atoms with E-state index in [0.717, 1.165) is 29.7 Å². The van der Waals surface area contributed by atoms with Gasteiger partial charge in [-0.2, -0.15) is 4.80 Å². The zero-order chi connectivity index (χ0) is 18.3. The number of hydrogen-bond acceptors (Lipinski definition) is 4. The van der Waals surface area contributed by atoms with Gasteiger partial charge in [-0.25, -0.2) is 0 Å². The highest BCUT2D eigenvalue weighted by Crippen LogP contribution is 2.55. The number of benzene rings is 1. The molecule has 2 aromatic rings. The lowest BCUT2D eigenvalue weighted by Crippen LogP contribution is -2.59. The van der Waals surface area contributed by atoms with Crippen LogP contribution in [0, 0.1) is 17.8 Å². The Hall–Kier alpha value is -2.24. The largest absolute Gasteiger partial charge is 0.351 e. The normalized spacial score (nSPS) is 31.2. The first-order valence-electron chi connectivity index (χ1n) is 10.3. The first kappa shape index (κ1) is 16.9. The fourth-order valence-corrected chi connectivity index (χ4v) is 6.04. The molecule has 6 nitrogen and oxygen atoms in total. The van der Waals surface area contributed by atoms with Crippen molar-refractivity contribution in [1.82, 2.24) is 25.5 Å². The Morgan fingerprint density at radius 2 is 1.74 bits per heavy atom. The summed E-state index contributed by atoms with van der Waals surface area (Å²) in [7, 11) is 0. The van der Waals surface area contributed by atoms with Gasteiger partial charge in [-0.3, -0.25) is 4.79 Å². The summed E-state index contributed by atoms with van der Waals surface area (Å²) in [5, 5.41) is 16.1. The summed E-state index contributed by atoms with van der Waals surface area (Å²) in [6.45, 7) is 0.619. The van der Waals surface area contributed by atoms with Crippen LogP contribution in [-0.2, 0) is 11.3 Å². The smallest absolute Gasteiger partial charge is 0.220 e. The SMILES string of the molecule is O=C(CCCn1nnc(-c2ccccc2)n1)NC12CC3CC(CC(C3)C1)C2. The summed E-state index contributed by atoms with van der Waals surface area (Å²) in [6, 6.07) is 9.84. The maximum absolute atomic E-state index is 12.6. The highest BCUT2D eigenvalue weighted by atomic mass is 16.1. The van der Waals surface area contributed by atoms with Gasteiger partial charge in [0.15, 0.2) is 0 Å². The van der Waals surface area contributed by atoms with Crippen LogP contribution in [0.15, 0.2) is 30.3 Å². The third kappa shape index (κ3) is 3.49. The van der Waals surface area contributed by atoms with Crippen molar-refractivity contribution in [2.45, 2.75) is 63.5 Å². The van der Waals surface area contributed by atoms with Crippen LogP contribution in [0.3, 0.4) is 0 Å². The maximum Gasteiger partial charge on any atom is 0.220 e. The molecule has 0 radical (unpaired) electrons. The van der Waals surface area contributed by atoms with Crippen molar-refractivity contribution in [2.24, 2.45) is 17.8 Å². The fourth-order valence-electron chi connectivity index (χ4n) is 6.04. The first-order chi connectivity index (χ1) is 13.2. The molecule has 1 aromatic heterocycles. The van der Waals surface area contributed by atoms with E-state index in [-0.39, 0.29) is 11.4 Å². The predicted molar refractivity (Wildman–Crippen MR) is 102 cm³/mol. The molecule has 4 bridgehead atoms. The Kier molecular flexibility index (Phi) is 4.21. The van der Waals surface area contributed by atoms with E-state index >= 15 is 0 Å². The second-order valence-electron chi connectivity index (χ2n) is 8.92. The summed E-state index contributed by atoms with van der Waals surface area (Å²) in [6.07, 6.45) is 9.08. The lowest BCUT2D eigenvalue weighted by Gasteiger charge is -2.56. The van der Waals surface area contributed by atoms with E-state index in [0.29, 0.717) is 18.8 Å². The Morgan fingerprint density at radius 1 is 1.07 bits per heavy atom. The standard InChI is InChI=1S/C21H27N5O/c27-19(22-21-12-15-9-16(13-21)11-17(10-15)14-21)7-4-8-26-24-20(23-25-26)18-5-2-1-3-6-18/h1-3,5-6,15-17H,4,7-14H2,(H,22,27). The van der Waals surface area contributed by atoms with Crippen molar-refractivity contribution < 1.29 is 4.79 Å². The maximum atomic E-state index is 12.6. The van der Waals surface area contributed by atoms with Gasteiger partial charge in [0.05, 0.1) is 6.54 Å². The number of nitrogens with zero attached hydrogens (tertiary/aromatic N) is 4. The Morgan fingerprint density at radius 3 is 2.41 bits per heavy atom. The lowest BCUT2D eigenvalue weighted by molar-refractivity contribution is -0.127. The van der Waals surface area contributed by atoms with Gasteiger partial charge in [0.1, 0.15) is 0 Å². The zero-order valence-electron chi connectivity index (χ0n) is 15.7. The highest BCUT2D eigenvalue weighted by Gasteiger charge is 2.51. The number of rotatable bonds is 6. The van der Waals surface area contributed by atoms with Crippen molar-refractivity contribution in [3.05, 3.63) is 30.3 Å². The Balaban J connectivity index is 1.13. The van der Waals surface area contributed by atoms with E-state index in [4.69, 9.17) is 0 Å². The van der Waals surface area contributed by atoms with Gasteiger partial charge in [-0.05, 0) is 67.9 Å². The van der Waals surface area contributed by atoms with Gasteiger partial charge >= 0.3 is 0 Å². The molecule has 0 aliphatic heterocycles. The average Bonchev–Trinajstić information content (AvgIpc) is 3.10. The van der Waals surface area contributed by atoms with Gasteiger partial charge < -0.3 is 5.32 Å². The molecule has 1 heterocycles. The molecular formula is C21H27N5O. The van der Waals surface area contributed by atoms with Gasteiger partial charge in [-0.15, -0.1) is 10.2 Å². The summed E-state index contributed by atoms with van der Waals surface area (Å²) in [4.78, 5) is 14.2. The number of aryl methyl sites for hydroxylation is 1. The predicted octanol–water partition coefficient (Wildman–Crippen LogP) is 3.21. The van der Waals surface area contributed by atoms with E-state index in [1.54, 1.807) is 4.80 Å². The summed E-state index contributed by atoms with van der Waals surface area (Å²) < 4.78 is 0. The molecule has 0 atom stereocenters. The molecule has 1 N–H and O–H groups in total. The van der Waals surface area contributed by atoms with Gasteiger partial charge in [0.2, 0.25) is 11.7 Å². The fraction of sp³-hybridized carbons (Fsp3) is 0.619. The van der Waals surface area contributed by atoms with Crippen molar-refractivity contribution >= 4 is 5.91 Å². The first-order valence-corrected chi connectivity index (χ1v) is 10.3. The van der Waals surface area contributed by atoms with Gasteiger partial charge in [-0.1, -0.05) is 30.3 Å². The quantitative estimate of drug-likeness (QED) is 0.853. The number of nitrogens with one attached hydrogen (secondary N) is 1. The number of carbonyl (C=O) groups excluding carboxylic acids is 1. The molecule has 4 aliphatic rings. The Bertz CT molecular complexity index is 780. The summed E-state index contributed by atoms with van der Waals surface area (Å²) in [5.74, 6) is 3.39. The minimum absolute atomic E-state index is 0.109. The van der Waals surface area contributed by atoms with Crippen LogP contribution in [-0.4, -0.2) is 31.7 Å². The number of carbonyl (C=O) groups is 1. The van der Waals surface area contributed by atoms with Crippen molar-refractivity contribution in [2.75, 3.05) is 0 Å². The van der Waals surface area contributed by atoms with Crippen LogP contribution < -0.4 is 5.32 Å². The number of tetrazole rings is 1. The summed E-state index contributed by atoms with van der Waals surface area (Å²) >= 11 is 0. The van der Waals surface area contributed by atoms with Crippen LogP contribution in [0.5, 0.6) is 0 Å². The second-order valence-corrected chi connectivity index (χ2v) is 8.92. The van der Waals surface area contributed by atoms with Crippen LogP contribution in [0.2, 0.25) is 0 Å². The van der Waals surface area contributed by atoms with Crippen molar-refractivity contribution in [1.29, 1.82) is 0 Å². The van der Waals surface area contributed by atoms with E-state index in [9.17, 15) is 4.79 Å². The molecule has 1 amide bonds. The van der Waals surface area contributed by atoms with E-state index in [2.05, 4.69) is 20.7 Å². The minimum Gasteiger partial charge on any atom is -0.351 e. The van der Waals surface area contributed by atoms with Crippen LogP contribution in [0.4, 0.5) is 0 Å². The molecule has 4 aliphatic carbocycles. The van der Waals surface area contributed by atoms with E-state index in [1.807, 2.05) is 30.3 Å². The summed E-state index contributed by atoms with van der Waals surface area (Å²) in [5.41, 5.74) is 1.07. The van der Waals surface area contributed by atoms with Gasteiger partial charge in [0, 0.05) is 17.5 Å². The zero-order valence-corrected chi connectivity index (χ0v) is 15.7. The van der Waals surface area contributed by atoms with Gasteiger partial charge in [0.25, 0.3) is 0 Å². The molecule has 4 fully saturated rings. The minimum atomic E-state index is 0.109. The molecule has 6 heteroatoms. The molecule has 27 heavy (non-hydrogen) atoms. The lowest BCUT2D eigenvalue weighted by atomic mass is 9.53. The van der Waals surface area contributed by atoms with Crippen LogP contribution >= 0.6 is 0 Å². The van der Waals surface area contributed by atoms with Crippen molar-refractivity contribution in [3.63, 3.8) is 0 Å². The van der Waals surface area contributed by atoms with Crippen LogP contribution in [0.1, 0.15) is 51.4 Å². The Labute approximate surface area is 159 Å². The van der Waals surface area contributed by atoms with Crippen molar-refractivity contribution in [3.8, 4) is 11.4 Å². The highest BCUT2D eigenvalue weighted by molar-refractivity contribution is 5.76. The molecule has 6 rings (SSSR count). The number of aromatic nitrogens is 4. The average molecular weight is 365 g/mol. The molecule has 142 valence electrons. The monoisotopic (exact) mass is 365 g/mol. The number of hydrogen-bond donors (Lipinski definition) is 1. The number of amides is 1. The second kappa shape index (κ2) is 6.73. The molecule has 0 unspecified atom stereocenters.